The molecule has 87 valence electrons. The van der Waals surface area contributed by atoms with Crippen LogP contribution in [0, 0.1) is 6.42 Å². The summed E-state index contributed by atoms with van der Waals surface area (Å²) >= 11 is 5.90. The number of hydrogen-bond acceptors (Lipinski definition) is 0. The zero-order chi connectivity index (χ0) is 12.3. The van der Waals surface area contributed by atoms with Crippen LogP contribution in [0.3, 0.4) is 0 Å². The molecule has 1 radical (unpaired) electrons. The second-order valence-electron chi connectivity index (χ2n) is 4.06. The summed E-state index contributed by atoms with van der Waals surface area (Å²) in [4.78, 5) is 0. The molecule has 2 aromatic carbocycles. The maximum atomic E-state index is 5.90. The number of hydrogen-bond donors (Lipinski definition) is 0. The van der Waals surface area contributed by atoms with E-state index >= 15 is 0 Å². The number of halogens is 1. The van der Waals surface area contributed by atoms with Gasteiger partial charge in [-0.15, -0.1) is 0 Å². The first-order valence-corrected chi connectivity index (χ1v) is 6.30. The highest BCUT2D eigenvalue weighted by molar-refractivity contribution is 6.30. The summed E-state index contributed by atoms with van der Waals surface area (Å²) in [5, 5.41) is 0.779. The van der Waals surface area contributed by atoms with Crippen molar-refractivity contribution in [2.45, 2.75) is 20.3 Å². The van der Waals surface area contributed by atoms with Crippen molar-refractivity contribution in [3.63, 3.8) is 0 Å². The quantitative estimate of drug-likeness (QED) is 0.700. The molecule has 0 atom stereocenters. The van der Waals surface area contributed by atoms with E-state index in [-0.39, 0.29) is 0 Å². The minimum absolute atomic E-state index is 0.779. The number of aryl methyl sites for hydroxylation is 1. The molecule has 0 amide bonds. The second-order valence-corrected chi connectivity index (χ2v) is 4.50. The smallest absolute Gasteiger partial charge is 0.0406 e. The van der Waals surface area contributed by atoms with Gasteiger partial charge in [0, 0.05) is 5.02 Å². The number of benzene rings is 2. The zero-order valence-corrected chi connectivity index (χ0v) is 11.0. The third kappa shape index (κ3) is 2.70. The van der Waals surface area contributed by atoms with E-state index in [9.17, 15) is 0 Å². The highest BCUT2D eigenvalue weighted by Gasteiger charge is 2.03. The summed E-state index contributed by atoms with van der Waals surface area (Å²) in [6.07, 6.45) is 3.23. The molecule has 17 heavy (non-hydrogen) atoms. The predicted octanol–water partition coefficient (Wildman–Crippen LogP) is 5.14. The lowest BCUT2D eigenvalue weighted by molar-refractivity contribution is 1.11. The third-order valence-corrected chi connectivity index (χ3v) is 3.27. The predicted molar refractivity (Wildman–Crippen MR) is 75.3 cm³/mol. The van der Waals surface area contributed by atoms with Crippen molar-refractivity contribution in [1.82, 2.24) is 0 Å². The van der Waals surface area contributed by atoms with Crippen molar-refractivity contribution in [2.24, 2.45) is 0 Å². The van der Waals surface area contributed by atoms with Crippen molar-refractivity contribution in [3.05, 3.63) is 65.0 Å². The third-order valence-electron chi connectivity index (χ3n) is 3.02. The van der Waals surface area contributed by atoms with Crippen LogP contribution in [0.4, 0.5) is 0 Å². The van der Waals surface area contributed by atoms with Crippen LogP contribution < -0.4 is 0 Å². The molecule has 0 aromatic heterocycles. The largest absolute Gasteiger partial charge is 0.0843 e. The van der Waals surface area contributed by atoms with Gasteiger partial charge in [-0.3, -0.25) is 0 Å². The molecule has 0 aliphatic carbocycles. The van der Waals surface area contributed by atoms with Crippen LogP contribution in [-0.4, -0.2) is 0 Å². The van der Waals surface area contributed by atoms with Crippen LogP contribution in [-0.2, 0) is 6.42 Å². The van der Waals surface area contributed by atoms with Crippen LogP contribution in [0.1, 0.15) is 25.0 Å². The molecule has 0 fully saturated rings. The average Bonchev–Trinajstić information content (AvgIpc) is 2.39. The molecular formula is C16H16Cl. The molecule has 0 heterocycles. The van der Waals surface area contributed by atoms with Gasteiger partial charge in [0.15, 0.2) is 0 Å². The van der Waals surface area contributed by atoms with Gasteiger partial charge in [-0.1, -0.05) is 55.8 Å². The minimum Gasteiger partial charge on any atom is -0.0843 e. The van der Waals surface area contributed by atoms with Crippen LogP contribution in [0.25, 0.3) is 11.1 Å². The van der Waals surface area contributed by atoms with Gasteiger partial charge in [0.1, 0.15) is 0 Å². The van der Waals surface area contributed by atoms with Crippen LogP contribution in [0.15, 0.2) is 42.5 Å². The topological polar surface area (TPSA) is 0 Å². The van der Waals surface area contributed by atoms with Gasteiger partial charge in [-0.2, -0.15) is 0 Å². The van der Waals surface area contributed by atoms with Crippen molar-refractivity contribution in [3.8, 4) is 11.1 Å². The lowest BCUT2D eigenvalue weighted by atomic mass is 9.97. The van der Waals surface area contributed by atoms with E-state index in [2.05, 4.69) is 50.6 Å². The lowest BCUT2D eigenvalue weighted by Gasteiger charge is -2.09. The first-order chi connectivity index (χ1) is 8.24. The molecule has 0 saturated carbocycles. The Bertz CT molecular complexity index is 497. The van der Waals surface area contributed by atoms with Crippen LogP contribution >= 0.6 is 11.6 Å². The molecule has 0 spiro atoms. The SMILES string of the molecule is C[CH]c1cc(-c2ccc(Cl)cc2)ccc1CC. The Morgan fingerprint density at radius 1 is 1.00 bits per heavy atom. The maximum Gasteiger partial charge on any atom is 0.0406 e. The van der Waals surface area contributed by atoms with Gasteiger partial charge in [0.25, 0.3) is 0 Å². The van der Waals surface area contributed by atoms with Gasteiger partial charge < -0.3 is 0 Å². The van der Waals surface area contributed by atoms with Gasteiger partial charge in [-0.25, -0.2) is 0 Å². The van der Waals surface area contributed by atoms with Crippen molar-refractivity contribution in [2.75, 3.05) is 0 Å². The van der Waals surface area contributed by atoms with E-state index in [4.69, 9.17) is 11.6 Å². The summed E-state index contributed by atoms with van der Waals surface area (Å²) in [5.41, 5.74) is 5.16. The number of rotatable bonds is 3. The summed E-state index contributed by atoms with van der Waals surface area (Å²) < 4.78 is 0. The maximum absolute atomic E-state index is 5.90. The standard InChI is InChI=1S/C16H16Cl/c1-3-12-5-6-15(11-13(12)4-2)14-7-9-16(17)10-8-14/h4-11H,3H2,1-2H3. The fraction of sp³-hybridized carbons (Fsp3) is 0.188. The minimum atomic E-state index is 0.779. The Morgan fingerprint density at radius 3 is 2.24 bits per heavy atom. The Kier molecular flexibility index (Phi) is 3.86. The molecule has 2 aromatic rings. The Balaban J connectivity index is 2.42. The summed E-state index contributed by atoms with van der Waals surface area (Å²) in [6, 6.07) is 14.6. The van der Waals surface area contributed by atoms with Gasteiger partial charge >= 0.3 is 0 Å². The van der Waals surface area contributed by atoms with Crippen molar-refractivity contribution in [1.29, 1.82) is 0 Å². The molecule has 0 aliphatic heterocycles. The molecule has 0 saturated heterocycles. The molecule has 0 nitrogen and oxygen atoms in total. The fourth-order valence-electron chi connectivity index (χ4n) is 2.01. The fourth-order valence-corrected chi connectivity index (χ4v) is 2.13. The molecule has 1 heteroatoms. The monoisotopic (exact) mass is 243 g/mol. The second kappa shape index (κ2) is 5.37. The van der Waals surface area contributed by atoms with Crippen molar-refractivity contribution >= 4 is 11.6 Å². The van der Waals surface area contributed by atoms with E-state index in [0.717, 1.165) is 11.4 Å². The van der Waals surface area contributed by atoms with Gasteiger partial charge in [-0.05, 0) is 47.2 Å². The first kappa shape index (κ1) is 12.2. The Labute approximate surface area is 108 Å². The van der Waals surface area contributed by atoms with E-state index in [1.165, 1.54) is 22.3 Å². The molecule has 0 aliphatic rings. The molecule has 0 unspecified atom stereocenters. The lowest BCUT2D eigenvalue weighted by Crippen LogP contribution is -1.90. The highest BCUT2D eigenvalue weighted by Crippen LogP contribution is 2.25. The van der Waals surface area contributed by atoms with Crippen LogP contribution in [0.2, 0.25) is 5.02 Å². The van der Waals surface area contributed by atoms with E-state index in [1.807, 2.05) is 12.1 Å². The normalized spacial score (nSPS) is 10.5. The zero-order valence-electron chi connectivity index (χ0n) is 10.2. The Morgan fingerprint density at radius 2 is 1.65 bits per heavy atom. The molecule has 0 bridgehead atoms. The van der Waals surface area contributed by atoms with Gasteiger partial charge in [0.05, 0.1) is 0 Å². The highest BCUT2D eigenvalue weighted by atomic mass is 35.5. The summed E-state index contributed by atoms with van der Waals surface area (Å²) in [7, 11) is 0. The van der Waals surface area contributed by atoms with Crippen molar-refractivity contribution < 1.29 is 0 Å². The summed E-state index contributed by atoms with van der Waals surface area (Å²) in [6.45, 7) is 4.27. The van der Waals surface area contributed by atoms with Crippen LogP contribution in [0.5, 0.6) is 0 Å². The van der Waals surface area contributed by atoms with E-state index in [0.29, 0.717) is 0 Å². The van der Waals surface area contributed by atoms with E-state index in [1.54, 1.807) is 0 Å². The van der Waals surface area contributed by atoms with Gasteiger partial charge in [0.2, 0.25) is 0 Å². The molecule has 0 N–H and O–H groups in total. The molecule has 2 rings (SSSR count). The van der Waals surface area contributed by atoms with E-state index < -0.39 is 0 Å². The molecular weight excluding hydrogens is 228 g/mol. The summed E-state index contributed by atoms with van der Waals surface area (Å²) in [5.74, 6) is 0. The Hall–Kier alpha value is -1.27. The average molecular weight is 244 g/mol. The first-order valence-electron chi connectivity index (χ1n) is 5.93.